The second kappa shape index (κ2) is 5.98. The Labute approximate surface area is 125 Å². The summed E-state index contributed by atoms with van der Waals surface area (Å²) in [5, 5.41) is 3.26. The summed E-state index contributed by atoms with van der Waals surface area (Å²) in [5.74, 6) is -0.145. The number of nitrogens with zero attached hydrogens (tertiary/aromatic N) is 1. The minimum atomic E-state index is -0.0762. The van der Waals surface area contributed by atoms with E-state index in [1.807, 2.05) is 24.3 Å². The van der Waals surface area contributed by atoms with Crippen molar-refractivity contribution in [3.63, 3.8) is 0 Å². The first-order chi connectivity index (χ1) is 10.2. The van der Waals surface area contributed by atoms with Crippen LogP contribution in [0.25, 0.3) is 0 Å². The van der Waals surface area contributed by atoms with Gasteiger partial charge in [0.15, 0.2) is 0 Å². The molecule has 2 amide bonds. The van der Waals surface area contributed by atoms with Gasteiger partial charge in [-0.25, -0.2) is 0 Å². The molecule has 1 saturated carbocycles. The van der Waals surface area contributed by atoms with Crippen molar-refractivity contribution in [1.29, 1.82) is 0 Å². The lowest BCUT2D eigenvalue weighted by atomic mass is 9.81. The third-order valence-electron chi connectivity index (χ3n) is 4.61. The zero-order chi connectivity index (χ0) is 14.8. The van der Waals surface area contributed by atoms with Crippen LogP contribution in [0, 0.1) is 11.8 Å². The maximum absolute atomic E-state index is 12.5. The molecule has 21 heavy (non-hydrogen) atoms. The number of hydrogen-bond acceptors (Lipinski definition) is 3. The summed E-state index contributed by atoms with van der Waals surface area (Å²) in [6.45, 7) is 3.80. The number of benzene rings is 1. The summed E-state index contributed by atoms with van der Waals surface area (Å²) < 4.78 is 0. The number of hydrogen-bond donors (Lipinski definition) is 1. The van der Waals surface area contributed by atoms with Gasteiger partial charge in [0, 0.05) is 6.54 Å². The third-order valence-corrected chi connectivity index (χ3v) is 4.61. The van der Waals surface area contributed by atoms with Crippen LogP contribution in [0.3, 0.4) is 0 Å². The largest absolute Gasteiger partial charge is 0.313 e. The van der Waals surface area contributed by atoms with Crippen molar-refractivity contribution >= 4 is 17.5 Å². The summed E-state index contributed by atoms with van der Waals surface area (Å²) in [6.07, 6.45) is 3.86. The van der Waals surface area contributed by atoms with Gasteiger partial charge in [-0.05, 0) is 37.1 Å². The molecule has 0 spiro atoms. The van der Waals surface area contributed by atoms with Gasteiger partial charge in [-0.1, -0.05) is 31.9 Å². The number of carbonyl (C=O) groups is 2. The molecule has 2 atom stereocenters. The summed E-state index contributed by atoms with van der Waals surface area (Å²) >= 11 is 0. The molecule has 1 aliphatic heterocycles. The fourth-order valence-corrected chi connectivity index (χ4v) is 3.45. The highest BCUT2D eigenvalue weighted by Gasteiger charge is 2.48. The molecular formula is C17H22N2O2. The summed E-state index contributed by atoms with van der Waals surface area (Å²) in [4.78, 5) is 26.4. The monoisotopic (exact) mass is 286 g/mol. The van der Waals surface area contributed by atoms with Gasteiger partial charge >= 0.3 is 0 Å². The topological polar surface area (TPSA) is 49.4 Å². The van der Waals surface area contributed by atoms with Crippen molar-refractivity contribution in [3.8, 4) is 0 Å². The lowest BCUT2D eigenvalue weighted by Gasteiger charge is -2.19. The smallest absolute Gasteiger partial charge is 0.237 e. The number of nitrogens with one attached hydrogen (secondary N) is 1. The highest BCUT2D eigenvalue weighted by molar-refractivity contribution is 6.22. The predicted octanol–water partition coefficient (Wildman–Crippen LogP) is 2.48. The Morgan fingerprint density at radius 2 is 1.62 bits per heavy atom. The van der Waals surface area contributed by atoms with Crippen molar-refractivity contribution in [2.75, 3.05) is 11.4 Å². The van der Waals surface area contributed by atoms with E-state index in [2.05, 4.69) is 12.2 Å². The van der Waals surface area contributed by atoms with Gasteiger partial charge in [-0.15, -0.1) is 0 Å². The Morgan fingerprint density at radius 3 is 2.14 bits per heavy atom. The Kier molecular flexibility index (Phi) is 4.06. The average molecular weight is 286 g/mol. The zero-order valence-corrected chi connectivity index (χ0v) is 12.5. The van der Waals surface area contributed by atoms with Crippen LogP contribution in [0.15, 0.2) is 24.3 Å². The van der Waals surface area contributed by atoms with Crippen molar-refractivity contribution in [2.45, 2.75) is 39.2 Å². The molecule has 1 aromatic rings. The van der Waals surface area contributed by atoms with Crippen LogP contribution in [0.5, 0.6) is 0 Å². The normalized spacial score (nSPS) is 25.3. The average Bonchev–Trinajstić information content (AvgIpc) is 2.78. The van der Waals surface area contributed by atoms with Crippen LogP contribution in [-0.2, 0) is 16.1 Å². The standard InChI is InChI=1S/C17H22N2O2/c1-2-18-11-12-7-9-13(10-8-12)19-16(20)14-5-3-4-6-15(14)17(19)21/h7-10,14-15,18H,2-6,11H2,1H3. The first-order valence-corrected chi connectivity index (χ1v) is 7.90. The second-order valence-electron chi connectivity index (χ2n) is 5.96. The minimum Gasteiger partial charge on any atom is -0.313 e. The Balaban J connectivity index is 1.79. The molecule has 0 radical (unpaired) electrons. The molecule has 0 aromatic heterocycles. The van der Waals surface area contributed by atoms with Gasteiger partial charge in [0.2, 0.25) is 11.8 Å². The van der Waals surface area contributed by atoms with Crippen LogP contribution < -0.4 is 10.2 Å². The SMILES string of the molecule is CCNCc1ccc(N2C(=O)C3CCCCC3C2=O)cc1. The second-order valence-corrected chi connectivity index (χ2v) is 5.96. The third kappa shape index (κ3) is 2.60. The molecule has 1 N–H and O–H groups in total. The first kappa shape index (κ1) is 14.3. The van der Waals surface area contributed by atoms with E-state index >= 15 is 0 Å². The highest BCUT2D eigenvalue weighted by Crippen LogP contribution is 2.39. The van der Waals surface area contributed by atoms with Gasteiger partial charge in [-0.3, -0.25) is 14.5 Å². The van der Waals surface area contributed by atoms with Crippen LogP contribution in [0.1, 0.15) is 38.2 Å². The Bertz CT molecular complexity index is 514. The van der Waals surface area contributed by atoms with Gasteiger partial charge in [0.25, 0.3) is 0 Å². The lowest BCUT2D eigenvalue weighted by Crippen LogP contribution is -2.30. The molecule has 0 bridgehead atoms. The fraction of sp³-hybridized carbons (Fsp3) is 0.529. The molecule has 2 aliphatic rings. The van der Waals surface area contributed by atoms with E-state index in [0.29, 0.717) is 0 Å². The quantitative estimate of drug-likeness (QED) is 0.865. The van der Waals surface area contributed by atoms with Crippen molar-refractivity contribution in [1.82, 2.24) is 5.32 Å². The van der Waals surface area contributed by atoms with Crippen molar-refractivity contribution in [2.24, 2.45) is 11.8 Å². The van der Waals surface area contributed by atoms with Crippen molar-refractivity contribution in [3.05, 3.63) is 29.8 Å². The van der Waals surface area contributed by atoms with Crippen molar-refractivity contribution < 1.29 is 9.59 Å². The predicted molar refractivity (Wildman–Crippen MR) is 81.8 cm³/mol. The maximum Gasteiger partial charge on any atom is 0.237 e. The molecular weight excluding hydrogens is 264 g/mol. The van der Waals surface area contributed by atoms with Crippen LogP contribution in [0.4, 0.5) is 5.69 Å². The number of anilines is 1. The first-order valence-electron chi connectivity index (χ1n) is 7.90. The molecule has 4 heteroatoms. The fourth-order valence-electron chi connectivity index (χ4n) is 3.45. The van der Waals surface area contributed by atoms with Crippen LogP contribution >= 0.6 is 0 Å². The Hall–Kier alpha value is -1.68. The van der Waals surface area contributed by atoms with E-state index in [1.54, 1.807) is 0 Å². The number of fused-ring (bicyclic) bond motifs is 1. The molecule has 1 saturated heterocycles. The Morgan fingerprint density at radius 1 is 1.05 bits per heavy atom. The summed E-state index contributed by atoms with van der Waals surface area (Å²) in [5.41, 5.74) is 1.89. The molecule has 1 aliphatic carbocycles. The molecule has 2 fully saturated rings. The summed E-state index contributed by atoms with van der Waals surface area (Å²) in [6, 6.07) is 7.75. The zero-order valence-electron chi connectivity index (χ0n) is 12.5. The number of imide groups is 1. The highest BCUT2D eigenvalue weighted by atomic mass is 16.2. The molecule has 2 unspecified atom stereocenters. The van der Waals surface area contributed by atoms with E-state index in [9.17, 15) is 9.59 Å². The van der Waals surface area contributed by atoms with E-state index < -0.39 is 0 Å². The van der Waals surface area contributed by atoms with E-state index in [1.165, 1.54) is 4.90 Å². The maximum atomic E-state index is 12.5. The van der Waals surface area contributed by atoms with Crippen LogP contribution in [0.2, 0.25) is 0 Å². The minimum absolute atomic E-state index is 0.00383. The molecule has 4 nitrogen and oxygen atoms in total. The number of rotatable bonds is 4. The van der Waals surface area contributed by atoms with Gasteiger partial charge in [0.05, 0.1) is 17.5 Å². The van der Waals surface area contributed by atoms with E-state index in [-0.39, 0.29) is 23.7 Å². The van der Waals surface area contributed by atoms with Gasteiger partial charge in [0.1, 0.15) is 0 Å². The molecule has 1 heterocycles. The number of carbonyl (C=O) groups excluding carboxylic acids is 2. The van der Waals surface area contributed by atoms with Gasteiger partial charge in [-0.2, -0.15) is 0 Å². The van der Waals surface area contributed by atoms with E-state index in [4.69, 9.17) is 0 Å². The van der Waals surface area contributed by atoms with Gasteiger partial charge < -0.3 is 5.32 Å². The molecule has 112 valence electrons. The molecule has 3 rings (SSSR count). The summed E-state index contributed by atoms with van der Waals surface area (Å²) in [7, 11) is 0. The molecule has 1 aromatic carbocycles. The lowest BCUT2D eigenvalue weighted by molar-refractivity contribution is -0.122. The van der Waals surface area contributed by atoms with E-state index in [0.717, 1.165) is 50.0 Å². The number of amides is 2. The van der Waals surface area contributed by atoms with Crippen LogP contribution in [-0.4, -0.2) is 18.4 Å².